The van der Waals surface area contributed by atoms with Crippen molar-refractivity contribution < 1.29 is 30.8 Å². The zero-order chi connectivity index (χ0) is 31.7. The number of halogens is 4. The summed E-state index contributed by atoms with van der Waals surface area (Å²) in [4.78, 5) is 17.5. The quantitative estimate of drug-likeness (QED) is 0.197. The van der Waals surface area contributed by atoms with Crippen LogP contribution in [0.3, 0.4) is 0 Å². The summed E-state index contributed by atoms with van der Waals surface area (Å²) < 4.78 is 85.2. The number of alkyl halides is 3. The largest absolute Gasteiger partial charge is 0.435 e. The molecule has 1 saturated carbocycles. The van der Waals surface area contributed by atoms with Crippen LogP contribution in [0.1, 0.15) is 58.6 Å². The number of nitrogens with one attached hydrogen (secondary N) is 2. The fraction of sp³-hybridized carbons (Fsp3) is 0.300. The van der Waals surface area contributed by atoms with E-state index in [4.69, 9.17) is 5.73 Å². The van der Waals surface area contributed by atoms with E-state index in [1.807, 2.05) is 0 Å². The van der Waals surface area contributed by atoms with Gasteiger partial charge in [0.15, 0.2) is 5.69 Å². The Balaban J connectivity index is 1.58. The van der Waals surface area contributed by atoms with Crippen LogP contribution in [0.2, 0.25) is 0 Å². The van der Waals surface area contributed by atoms with Crippen molar-refractivity contribution in [2.24, 2.45) is 11.7 Å². The van der Waals surface area contributed by atoms with Gasteiger partial charge in [-0.15, -0.1) is 0 Å². The molecule has 4 aromatic rings. The summed E-state index contributed by atoms with van der Waals surface area (Å²) in [7, 11) is -3.83. The number of hydrogen-bond acceptors (Lipinski definition) is 6. The van der Waals surface area contributed by atoms with Crippen LogP contribution in [0, 0.1) is 11.7 Å². The first-order valence-corrected chi connectivity index (χ1v) is 15.7. The molecule has 0 bridgehead atoms. The third-order valence-corrected chi connectivity index (χ3v) is 8.21. The van der Waals surface area contributed by atoms with Gasteiger partial charge in [0.1, 0.15) is 11.5 Å². The maximum Gasteiger partial charge on any atom is 0.435 e. The normalized spacial score (nSPS) is 15.1. The van der Waals surface area contributed by atoms with E-state index in [0.717, 1.165) is 29.8 Å². The van der Waals surface area contributed by atoms with Gasteiger partial charge in [0, 0.05) is 25.0 Å². The lowest BCUT2D eigenvalue weighted by atomic mass is 9.79. The van der Waals surface area contributed by atoms with Crippen LogP contribution in [0.4, 0.5) is 23.2 Å². The highest BCUT2D eigenvalue weighted by molar-refractivity contribution is 7.88. The lowest BCUT2D eigenvalue weighted by Gasteiger charge is -2.36. The van der Waals surface area contributed by atoms with Gasteiger partial charge in [0.05, 0.1) is 23.2 Å². The first-order valence-electron chi connectivity index (χ1n) is 13.8. The molecule has 1 atom stereocenters. The first kappa shape index (κ1) is 31.3. The number of carbonyl (C=O) groups is 1. The molecule has 4 N–H and O–H groups in total. The van der Waals surface area contributed by atoms with Gasteiger partial charge in [0.2, 0.25) is 10.0 Å². The van der Waals surface area contributed by atoms with Gasteiger partial charge in [-0.05, 0) is 71.8 Å². The molecule has 1 amide bonds. The third kappa shape index (κ3) is 6.98. The van der Waals surface area contributed by atoms with Crippen LogP contribution in [0.25, 0.3) is 5.69 Å². The zero-order valence-corrected chi connectivity index (χ0v) is 24.4. The molecule has 0 radical (unpaired) electrons. The summed E-state index contributed by atoms with van der Waals surface area (Å²) in [5.74, 6) is -1.52. The van der Waals surface area contributed by atoms with Gasteiger partial charge < -0.3 is 11.1 Å². The van der Waals surface area contributed by atoms with Crippen LogP contribution in [-0.4, -0.2) is 35.3 Å². The van der Waals surface area contributed by atoms with E-state index in [1.54, 1.807) is 24.3 Å². The standard InChI is InChI=1S/C30H30F4N6O3S/c1-44(42,43)39-29(12-9-19-5-6-19,21-10-13-36-14-11-21)22-7-8-24(31)25(16-22)37-28(41)26-17-27(30(32,33)34)38-40(26)23-4-2-3-20(15-23)18-35/h2-4,7-8,10-11,13-17,19,39H,5-6,9,12,18,35H2,1H3,(H,37,41). The molecule has 44 heavy (non-hydrogen) atoms. The Morgan fingerprint density at radius 1 is 1.05 bits per heavy atom. The van der Waals surface area contributed by atoms with Crippen LogP contribution >= 0.6 is 0 Å². The molecule has 2 heterocycles. The Kier molecular flexibility index (Phi) is 8.60. The maximum absolute atomic E-state index is 15.2. The van der Waals surface area contributed by atoms with E-state index >= 15 is 4.39 Å². The van der Waals surface area contributed by atoms with Crippen molar-refractivity contribution in [1.82, 2.24) is 19.5 Å². The predicted molar refractivity (Wildman–Crippen MR) is 156 cm³/mol. The Hall–Kier alpha value is -4.14. The number of aromatic nitrogens is 3. The van der Waals surface area contributed by atoms with Gasteiger partial charge in [-0.3, -0.25) is 9.78 Å². The number of rotatable bonds is 11. The van der Waals surface area contributed by atoms with Crippen molar-refractivity contribution in [3.63, 3.8) is 0 Å². The summed E-state index contributed by atoms with van der Waals surface area (Å²) in [5, 5.41) is 5.99. The molecule has 14 heteroatoms. The highest BCUT2D eigenvalue weighted by Crippen LogP contribution is 2.42. The van der Waals surface area contributed by atoms with Crippen molar-refractivity contribution in [1.29, 1.82) is 0 Å². The number of hydrogen-bond donors (Lipinski definition) is 3. The summed E-state index contributed by atoms with van der Waals surface area (Å²) in [6.45, 7) is 0.0995. The van der Waals surface area contributed by atoms with Crippen LogP contribution in [0.5, 0.6) is 0 Å². The number of benzene rings is 2. The fourth-order valence-electron chi connectivity index (χ4n) is 5.17. The Morgan fingerprint density at radius 3 is 2.41 bits per heavy atom. The van der Waals surface area contributed by atoms with Crippen molar-refractivity contribution in [2.75, 3.05) is 11.6 Å². The predicted octanol–water partition coefficient (Wildman–Crippen LogP) is 5.12. The van der Waals surface area contributed by atoms with Crippen molar-refractivity contribution in [3.05, 3.63) is 107 Å². The summed E-state index contributed by atoms with van der Waals surface area (Å²) >= 11 is 0. The van der Waals surface area contributed by atoms with Gasteiger partial charge in [-0.1, -0.05) is 31.0 Å². The van der Waals surface area contributed by atoms with E-state index in [2.05, 4.69) is 20.1 Å². The number of sulfonamides is 1. The second-order valence-corrected chi connectivity index (χ2v) is 12.6. The highest BCUT2D eigenvalue weighted by Gasteiger charge is 2.40. The molecule has 0 aliphatic heterocycles. The van der Waals surface area contributed by atoms with Crippen molar-refractivity contribution >= 4 is 21.6 Å². The number of anilines is 1. The molecule has 0 saturated heterocycles. The molecular formula is C30H30F4N6O3S. The smallest absolute Gasteiger partial charge is 0.326 e. The van der Waals surface area contributed by atoms with Crippen molar-refractivity contribution in [3.8, 4) is 5.69 Å². The van der Waals surface area contributed by atoms with E-state index in [1.165, 1.54) is 36.7 Å². The maximum atomic E-state index is 15.2. The lowest BCUT2D eigenvalue weighted by Crippen LogP contribution is -2.46. The molecule has 232 valence electrons. The highest BCUT2D eigenvalue weighted by atomic mass is 32.2. The number of nitrogens with two attached hydrogens (primary N) is 1. The van der Waals surface area contributed by atoms with E-state index in [9.17, 15) is 26.4 Å². The minimum Gasteiger partial charge on any atom is -0.326 e. The lowest BCUT2D eigenvalue weighted by molar-refractivity contribution is -0.141. The van der Waals surface area contributed by atoms with Gasteiger partial charge in [-0.2, -0.15) is 18.3 Å². The van der Waals surface area contributed by atoms with E-state index < -0.39 is 44.9 Å². The molecule has 5 rings (SSSR count). The molecule has 1 aliphatic rings. The zero-order valence-electron chi connectivity index (χ0n) is 23.6. The van der Waals surface area contributed by atoms with Crippen LogP contribution < -0.4 is 15.8 Å². The summed E-state index contributed by atoms with van der Waals surface area (Å²) in [6, 6.07) is 13.8. The molecule has 1 fully saturated rings. The Bertz CT molecular complexity index is 1780. The first-order chi connectivity index (χ1) is 20.8. The fourth-order valence-corrected chi connectivity index (χ4v) is 6.14. The Labute approximate surface area is 251 Å². The van der Waals surface area contributed by atoms with Crippen molar-refractivity contribution in [2.45, 2.75) is 43.9 Å². The molecule has 2 aromatic heterocycles. The second-order valence-electron chi connectivity index (χ2n) is 10.8. The molecule has 1 aliphatic carbocycles. The average molecular weight is 631 g/mol. The number of carbonyl (C=O) groups excluding carboxylic acids is 1. The number of amides is 1. The SMILES string of the molecule is CS(=O)(=O)NC(CCC1CC1)(c1ccncc1)c1ccc(F)c(NC(=O)c2cc(C(F)(F)F)nn2-c2cccc(CN)c2)c1. The topological polar surface area (TPSA) is 132 Å². The third-order valence-electron chi connectivity index (χ3n) is 7.49. The minimum atomic E-state index is -4.86. The second kappa shape index (κ2) is 12.1. The Morgan fingerprint density at radius 2 is 1.77 bits per heavy atom. The molecule has 2 aromatic carbocycles. The average Bonchev–Trinajstić information content (AvgIpc) is 3.70. The molecular weight excluding hydrogens is 600 g/mol. The molecule has 1 unspecified atom stereocenters. The molecule has 9 nitrogen and oxygen atoms in total. The minimum absolute atomic E-state index is 0.0995. The van der Waals surface area contributed by atoms with Gasteiger partial charge >= 0.3 is 6.18 Å². The van der Waals surface area contributed by atoms with Gasteiger partial charge in [-0.25, -0.2) is 22.2 Å². The molecule has 0 spiro atoms. The van der Waals surface area contributed by atoms with Gasteiger partial charge in [0.25, 0.3) is 5.91 Å². The number of nitrogens with zero attached hydrogens (tertiary/aromatic N) is 3. The number of pyridine rings is 1. The van der Waals surface area contributed by atoms with Crippen LogP contribution in [-0.2, 0) is 28.3 Å². The summed E-state index contributed by atoms with van der Waals surface area (Å²) in [6.07, 6.45) is 2.20. The van der Waals surface area contributed by atoms with Crippen LogP contribution in [0.15, 0.2) is 73.1 Å². The monoisotopic (exact) mass is 630 g/mol. The summed E-state index contributed by atoms with van der Waals surface area (Å²) in [5.41, 5.74) is 3.78. The van der Waals surface area contributed by atoms with E-state index in [0.29, 0.717) is 41.5 Å². The van der Waals surface area contributed by atoms with E-state index in [-0.39, 0.29) is 17.9 Å².